The zero-order valence-electron chi connectivity index (χ0n) is 13.4. The number of benzene rings is 1. The van der Waals surface area contributed by atoms with E-state index >= 15 is 0 Å². The van der Waals surface area contributed by atoms with E-state index in [1.807, 2.05) is 30.3 Å². The maximum atomic E-state index is 12.6. The Morgan fingerprint density at radius 1 is 1.08 bits per heavy atom. The smallest absolute Gasteiger partial charge is 0.171 e. The summed E-state index contributed by atoms with van der Waals surface area (Å²) in [6, 6.07) is 12.7. The molecule has 0 N–H and O–H groups in total. The number of nitrogens with zero attached hydrogens (tertiary/aromatic N) is 5. The zero-order valence-corrected chi connectivity index (χ0v) is 15.0. The first-order valence-electron chi connectivity index (χ1n) is 7.62. The second kappa shape index (κ2) is 6.81. The number of thiazole rings is 1. The Bertz CT molecular complexity index is 1100. The van der Waals surface area contributed by atoms with Crippen LogP contribution in [0.15, 0.2) is 58.5 Å². The van der Waals surface area contributed by atoms with Gasteiger partial charge in [-0.25, -0.2) is 13.4 Å². The fourth-order valence-electron chi connectivity index (χ4n) is 2.43. The molecule has 26 heavy (non-hydrogen) atoms. The van der Waals surface area contributed by atoms with Crippen molar-refractivity contribution in [2.24, 2.45) is 0 Å². The molecule has 8 nitrogen and oxygen atoms in total. The molecule has 4 rings (SSSR count). The maximum Gasteiger partial charge on any atom is 0.171 e. The molecule has 0 fully saturated rings. The Balaban J connectivity index is 1.53. The van der Waals surface area contributed by atoms with E-state index in [9.17, 15) is 8.42 Å². The summed E-state index contributed by atoms with van der Waals surface area (Å²) in [5.41, 5.74) is 1.18. The largest absolute Gasteiger partial charge is 0.462 e. The van der Waals surface area contributed by atoms with E-state index in [1.54, 1.807) is 23.8 Å². The monoisotopic (exact) mass is 387 g/mol. The second-order valence-electron chi connectivity index (χ2n) is 5.50. The summed E-state index contributed by atoms with van der Waals surface area (Å²) in [7, 11) is -3.49. The first-order chi connectivity index (χ1) is 12.6. The van der Waals surface area contributed by atoms with Crippen LogP contribution < -0.4 is 0 Å². The molecule has 0 aliphatic heterocycles. The van der Waals surface area contributed by atoms with Crippen LogP contribution in [0.3, 0.4) is 0 Å². The van der Waals surface area contributed by atoms with Gasteiger partial charge in [0.25, 0.3) is 0 Å². The molecule has 3 heterocycles. The molecule has 0 unspecified atom stereocenters. The average molecular weight is 387 g/mol. The quantitative estimate of drug-likeness (QED) is 0.500. The highest BCUT2D eigenvalue weighted by Crippen LogP contribution is 2.25. The topological polar surface area (TPSA) is 104 Å². The van der Waals surface area contributed by atoms with E-state index < -0.39 is 9.84 Å². The first-order valence-corrected chi connectivity index (χ1v) is 10.3. The van der Waals surface area contributed by atoms with Gasteiger partial charge in [-0.05, 0) is 34.7 Å². The van der Waals surface area contributed by atoms with Crippen molar-refractivity contribution in [3.63, 3.8) is 0 Å². The van der Waals surface area contributed by atoms with E-state index in [2.05, 4.69) is 20.5 Å². The van der Waals surface area contributed by atoms with Crippen molar-refractivity contribution in [1.29, 1.82) is 0 Å². The van der Waals surface area contributed by atoms with Gasteiger partial charge in [0.15, 0.2) is 26.4 Å². The molecule has 0 radical (unpaired) electrons. The fourth-order valence-corrected chi connectivity index (χ4v) is 4.59. The van der Waals surface area contributed by atoms with Gasteiger partial charge in [0.2, 0.25) is 0 Å². The molecule has 0 atom stereocenters. The van der Waals surface area contributed by atoms with Crippen LogP contribution in [-0.2, 0) is 21.3 Å². The van der Waals surface area contributed by atoms with Gasteiger partial charge in [-0.2, -0.15) is 4.68 Å². The van der Waals surface area contributed by atoms with Gasteiger partial charge in [-0.15, -0.1) is 16.4 Å². The summed E-state index contributed by atoms with van der Waals surface area (Å²) in [5, 5.41) is 13.7. The first kappa shape index (κ1) is 16.6. The summed E-state index contributed by atoms with van der Waals surface area (Å²) in [6.45, 7) is 0. The van der Waals surface area contributed by atoms with Crippen molar-refractivity contribution in [3.05, 3.63) is 65.6 Å². The number of para-hydroxylation sites is 1. The third-order valence-corrected chi connectivity index (χ3v) is 5.87. The van der Waals surface area contributed by atoms with Crippen LogP contribution >= 0.6 is 11.3 Å². The van der Waals surface area contributed by atoms with Crippen LogP contribution in [0.25, 0.3) is 16.5 Å². The second-order valence-corrected chi connectivity index (χ2v) is 8.42. The molecule has 0 amide bonds. The SMILES string of the molecule is O=S(=O)(Cc1csc(-c2ccco2)n1)Cc1nnnn1-c1ccccc1. The molecule has 0 spiro atoms. The molecule has 132 valence electrons. The van der Waals surface area contributed by atoms with Crippen molar-refractivity contribution in [1.82, 2.24) is 25.2 Å². The lowest BCUT2D eigenvalue weighted by atomic mass is 10.3. The number of hydrogen-bond donors (Lipinski definition) is 0. The van der Waals surface area contributed by atoms with Gasteiger partial charge >= 0.3 is 0 Å². The summed E-state index contributed by atoms with van der Waals surface area (Å²) in [4.78, 5) is 4.33. The average Bonchev–Trinajstić information content (AvgIpc) is 3.36. The van der Waals surface area contributed by atoms with E-state index in [4.69, 9.17) is 4.42 Å². The number of aromatic nitrogens is 5. The fraction of sp³-hybridized carbons (Fsp3) is 0.125. The molecule has 0 aliphatic rings. The lowest BCUT2D eigenvalue weighted by Crippen LogP contribution is -2.13. The number of hydrogen-bond acceptors (Lipinski definition) is 8. The van der Waals surface area contributed by atoms with E-state index in [-0.39, 0.29) is 17.3 Å². The number of tetrazole rings is 1. The maximum absolute atomic E-state index is 12.6. The van der Waals surface area contributed by atoms with Gasteiger partial charge < -0.3 is 4.42 Å². The molecular weight excluding hydrogens is 374 g/mol. The number of sulfone groups is 1. The summed E-state index contributed by atoms with van der Waals surface area (Å²) >= 11 is 1.34. The Kier molecular flexibility index (Phi) is 4.35. The van der Waals surface area contributed by atoms with E-state index in [0.29, 0.717) is 22.1 Å². The van der Waals surface area contributed by atoms with Gasteiger partial charge in [-0.1, -0.05) is 18.2 Å². The number of furan rings is 1. The molecule has 0 aliphatic carbocycles. The van der Waals surface area contributed by atoms with Crippen LogP contribution in [0.5, 0.6) is 0 Å². The standard InChI is InChI=1S/C16H13N5O3S2/c22-26(23,10-12-9-25-16(17-12)14-7-4-8-24-14)11-15-18-19-20-21(15)13-5-2-1-3-6-13/h1-9H,10-11H2. The van der Waals surface area contributed by atoms with Crippen molar-refractivity contribution < 1.29 is 12.8 Å². The zero-order chi connectivity index (χ0) is 18.0. The van der Waals surface area contributed by atoms with Crippen LogP contribution in [0.1, 0.15) is 11.5 Å². The van der Waals surface area contributed by atoms with Gasteiger partial charge in [0.05, 0.1) is 23.4 Å². The predicted molar refractivity (Wildman–Crippen MR) is 95.3 cm³/mol. The van der Waals surface area contributed by atoms with Crippen LogP contribution in [-0.4, -0.2) is 33.6 Å². The van der Waals surface area contributed by atoms with E-state index in [1.165, 1.54) is 16.0 Å². The summed E-state index contributed by atoms with van der Waals surface area (Å²) in [5.74, 6) is 0.415. The van der Waals surface area contributed by atoms with Crippen molar-refractivity contribution in [2.45, 2.75) is 11.5 Å². The molecule has 0 bridgehead atoms. The van der Waals surface area contributed by atoms with Crippen molar-refractivity contribution >= 4 is 21.2 Å². The molecule has 10 heteroatoms. The van der Waals surface area contributed by atoms with Crippen molar-refractivity contribution in [2.75, 3.05) is 0 Å². The van der Waals surface area contributed by atoms with Gasteiger partial charge in [0, 0.05) is 5.38 Å². The number of rotatable bonds is 6. The Morgan fingerprint density at radius 2 is 1.92 bits per heavy atom. The molecule has 1 aromatic carbocycles. The Hall–Kier alpha value is -2.85. The minimum atomic E-state index is -3.49. The molecular formula is C16H13N5O3S2. The molecule has 0 saturated heterocycles. The third-order valence-electron chi connectivity index (χ3n) is 3.54. The van der Waals surface area contributed by atoms with Crippen LogP contribution in [0, 0.1) is 0 Å². The molecule has 4 aromatic rings. The Morgan fingerprint density at radius 3 is 2.69 bits per heavy atom. The van der Waals surface area contributed by atoms with Gasteiger partial charge in [-0.3, -0.25) is 0 Å². The highest BCUT2D eigenvalue weighted by atomic mass is 32.2. The predicted octanol–water partition coefficient (Wildman–Crippen LogP) is 2.49. The minimum Gasteiger partial charge on any atom is -0.462 e. The lowest BCUT2D eigenvalue weighted by Gasteiger charge is -2.04. The third kappa shape index (κ3) is 3.55. The van der Waals surface area contributed by atoms with Crippen LogP contribution in [0.2, 0.25) is 0 Å². The highest BCUT2D eigenvalue weighted by Gasteiger charge is 2.21. The summed E-state index contributed by atoms with van der Waals surface area (Å²) in [6.07, 6.45) is 1.55. The summed E-state index contributed by atoms with van der Waals surface area (Å²) < 4.78 is 31.9. The van der Waals surface area contributed by atoms with E-state index in [0.717, 1.165) is 0 Å². The molecule has 0 saturated carbocycles. The van der Waals surface area contributed by atoms with Gasteiger partial charge in [0.1, 0.15) is 5.75 Å². The molecule has 3 aromatic heterocycles. The lowest BCUT2D eigenvalue weighted by molar-refractivity contribution is 0.581. The van der Waals surface area contributed by atoms with Crippen LogP contribution in [0.4, 0.5) is 0 Å². The highest BCUT2D eigenvalue weighted by molar-refractivity contribution is 7.89. The normalized spacial score (nSPS) is 11.7. The minimum absolute atomic E-state index is 0.189. The Labute approximate surface area is 153 Å². The van der Waals surface area contributed by atoms with Crippen molar-refractivity contribution in [3.8, 4) is 16.5 Å².